The lowest BCUT2D eigenvalue weighted by Gasteiger charge is -2.42. The van der Waals surface area contributed by atoms with Gasteiger partial charge in [0.2, 0.25) is 5.91 Å². The molecule has 4 aromatic rings. The van der Waals surface area contributed by atoms with Crippen molar-refractivity contribution in [2.24, 2.45) is 0 Å². The maximum atomic E-state index is 14.0. The van der Waals surface area contributed by atoms with Crippen LogP contribution in [0.3, 0.4) is 0 Å². The van der Waals surface area contributed by atoms with Gasteiger partial charge in [0, 0.05) is 32.7 Å². The number of amides is 1. The molecule has 1 aromatic heterocycles. The normalized spacial score (nSPS) is 18.7. The summed E-state index contributed by atoms with van der Waals surface area (Å²) in [7, 11) is -3.80. The zero-order chi connectivity index (χ0) is 26.8. The summed E-state index contributed by atoms with van der Waals surface area (Å²) < 4.78 is 29.0. The first-order valence-corrected chi connectivity index (χ1v) is 15.6. The summed E-state index contributed by atoms with van der Waals surface area (Å²) >= 11 is 1.19. The number of fused-ring (bicyclic) bond motifs is 1. The quantitative estimate of drug-likeness (QED) is 0.342. The van der Waals surface area contributed by atoms with Crippen LogP contribution in [-0.4, -0.2) is 60.7 Å². The zero-order valence-electron chi connectivity index (χ0n) is 21.6. The molecule has 1 saturated heterocycles. The van der Waals surface area contributed by atoms with Crippen LogP contribution in [0.5, 0.6) is 0 Å². The summed E-state index contributed by atoms with van der Waals surface area (Å²) in [6.07, 6.45) is 0.385. The van der Waals surface area contributed by atoms with Gasteiger partial charge in [-0.2, -0.15) is 4.31 Å². The van der Waals surface area contributed by atoms with Gasteiger partial charge in [-0.05, 0) is 40.1 Å². The van der Waals surface area contributed by atoms with Crippen LogP contribution in [0, 0.1) is 0 Å². The van der Waals surface area contributed by atoms with Crippen LogP contribution in [0.15, 0.2) is 107 Å². The van der Waals surface area contributed by atoms with E-state index >= 15 is 0 Å². The first-order chi connectivity index (χ1) is 19.0. The van der Waals surface area contributed by atoms with Gasteiger partial charge in [-0.25, -0.2) is 8.42 Å². The average Bonchev–Trinajstić information content (AvgIpc) is 3.54. The number of carbonyl (C=O) groups is 1. The first kappa shape index (κ1) is 26.0. The molecule has 6 rings (SSSR count). The lowest BCUT2D eigenvalue weighted by Crippen LogP contribution is -2.57. The van der Waals surface area contributed by atoms with Crippen LogP contribution in [0.1, 0.15) is 28.3 Å². The molecule has 0 saturated carbocycles. The van der Waals surface area contributed by atoms with Crippen molar-refractivity contribution in [3.8, 4) is 0 Å². The number of hydrogen-bond acceptors (Lipinski definition) is 5. The number of piperazine rings is 1. The van der Waals surface area contributed by atoms with E-state index in [2.05, 4.69) is 53.4 Å². The zero-order valence-corrected chi connectivity index (χ0v) is 23.2. The average molecular weight is 558 g/mol. The molecule has 2 aliphatic rings. The molecule has 3 heterocycles. The smallest absolute Gasteiger partial charge is 0.253 e. The highest BCUT2D eigenvalue weighted by Crippen LogP contribution is 2.33. The largest absolute Gasteiger partial charge is 0.339 e. The van der Waals surface area contributed by atoms with Crippen molar-refractivity contribution in [2.45, 2.75) is 29.3 Å². The van der Waals surface area contributed by atoms with Gasteiger partial charge >= 0.3 is 0 Å². The monoisotopic (exact) mass is 557 g/mol. The molecule has 2 aliphatic heterocycles. The van der Waals surface area contributed by atoms with Crippen LogP contribution in [0.2, 0.25) is 0 Å². The molecule has 6 nitrogen and oxygen atoms in total. The van der Waals surface area contributed by atoms with Crippen molar-refractivity contribution in [2.75, 3.05) is 26.2 Å². The fourth-order valence-electron chi connectivity index (χ4n) is 5.78. The van der Waals surface area contributed by atoms with Crippen LogP contribution in [-0.2, 0) is 27.8 Å². The van der Waals surface area contributed by atoms with E-state index in [1.54, 1.807) is 17.5 Å². The fraction of sp³-hybridized carbons (Fsp3) is 0.258. The Kier molecular flexibility index (Phi) is 7.36. The van der Waals surface area contributed by atoms with Gasteiger partial charge in [0.25, 0.3) is 10.0 Å². The molecule has 0 radical (unpaired) electrons. The van der Waals surface area contributed by atoms with E-state index in [1.165, 1.54) is 26.8 Å². The van der Waals surface area contributed by atoms with Gasteiger partial charge in [-0.15, -0.1) is 11.3 Å². The molecule has 200 valence electrons. The van der Waals surface area contributed by atoms with Crippen LogP contribution in [0.25, 0.3) is 0 Å². The lowest BCUT2D eigenvalue weighted by molar-refractivity contribution is -0.137. The summed E-state index contributed by atoms with van der Waals surface area (Å²) in [6, 6.07) is 31.5. The Morgan fingerprint density at radius 2 is 1.33 bits per heavy atom. The van der Waals surface area contributed by atoms with Gasteiger partial charge in [0.15, 0.2) is 0 Å². The Morgan fingerprint density at radius 3 is 1.92 bits per heavy atom. The summed E-state index contributed by atoms with van der Waals surface area (Å²) in [4.78, 5) is 18.3. The van der Waals surface area contributed by atoms with E-state index in [0.29, 0.717) is 32.6 Å². The van der Waals surface area contributed by atoms with Crippen molar-refractivity contribution in [3.63, 3.8) is 0 Å². The number of rotatable bonds is 6. The third-order valence-corrected chi connectivity index (χ3v) is 11.0. The van der Waals surface area contributed by atoms with Crippen molar-refractivity contribution in [1.29, 1.82) is 0 Å². The maximum Gasteiger partial charge on any atom is 0.253 e. The highest BCUT2D eigenvalue weighted by molar-refractivity contribution is 7.91. The number of nitrogens with zero attached hydrogens (tertiary/aromatic N) is 3. The molecule has 0 N–H and O–H groups in total. The Balaban J connectivity index is 1.24. The molecular formula is C31H31N3O3S2. The number of hydrogen-bond donors (Lipinski definition) is 0. The minimum atomic E-state index is -3.80. The van der Waals surface area contributed by atoms with Gasteiger partial charge in [-0.1, -0.05) is 91.0 Å². The Labute approximate surface area is 234 Å². The van der Waals surface area contributed by atoms with E-state index in [4.69, 9.17) is 0 Å². The molecule has 1 atom stereocenters. The molecule has 0 aliphatic carbocycles. The molecule has 1 unspecified atom stereocenters. The summed E-state index contributed by atoms with van der Waals surface area (Å²) in [6.45, 7) is 2.74. The predicted octanol–water partition coefficient (Wildman–Crippen LogP) is 4.80. The minimum absolute atomic E-state index is 0.0990. The predicted molar refractivity (Wildman–Crippen MR) is 154 cm³/mol. The highest BCUT2D eigenvalue weighted by Gasteiger charge is 2.42. The fourth-order valence-corrected chi connectivity index (χ4v) is 8.46. The molecule has 39 heavy (non-hydrogen) atoms. The summed E-state index contributed by atoms with van der Waals surface area (Å²) in [5.74, 6) is -0.111. The van der Waals surface area contributed by atoms with Crippen molar-refractivity contribution in [1.82, 2.24) is 14.1 Å². The van der Waals surface area contributed by atoms with E-state index in [1.807, 2.05) is 41.3 Å². The molecule has 0 bridgehead atoms. The maximum absolute atomic E-state index is 14.0. The molecule has 0 spiro atoms. The standard InChI is InChI=1S/C31H31N3O3S2/c35-31(28-22-26-14-7-8-15-27(26)23-34(28)39(36,37)29-16-9-21-38-29)33-19-17-32(18-20-33)30(24-10-3-1-4-11-24)25-12-5-2-6-13-25/h1-16,21,28,30H,17-20,22-23H2. The Bertz CT molecular complexity index is 1480. The minimum Gasteiger partial charge on any atom is -0.339 e. The van der Waals surface area contributed by atoms with Gasteiger partial charge in [0.1, 0.15) is 10.3 Å². The Hall–Kier alpha value is -3.30. The second-order valence-electron chi connectivity index (χ2n) is 10.1. The van der Waals surface area contributed by atoms with E-state index in [0.717, 1.165) is 11.1 Å². The number of sulfonamides is 1. The van der Waals surface area contributed by atoms with E-state index in [9.17, 15) is 13.2 Å². The van der Waals surface area contributed by atoms with E-state index in [-0.39, 0.29) is 22.7 Å². The molecule has 1 fully saturated rings. The lowest BCUT2D eigenvalue weighted by atomic mass is 9.94. The third kappa shape index (κ3) is 5.17. The molecule has 3 aromatic carbocycles. The SMILES string of the molecule is O=C(C1Cc2ccccc2CN1S(=O)(=O)c1cccs1)N1CCN(C(c2ccccc2)c2ccccc2)CC1. The number of benzene rings is 3. The van der Waals surface area contributed by atoms with Gasteiger partial charge in [-0.3, -0.25) is 9.69 Å². The second kappa shape index (κ2) is 11.1. The van der Waals surface area contributed by atoms with Crippen LogP contribution >= 0.6 is 11.3 Å². The summed E-state index contributed by atoms with van der Waals surface area (Å²) in [5, 5.41) is 1.76. The molecular weight excluding hydrogens is 526 g/mol. The van der Waals surface area contributed by atoms with Crippen molar-refractivity contribution < 1.29 is 13.2 Å². The number of carbonyl (C=O) groups excluding carboxylic acids is 1. The molecule has 8 heteroatoms. The van der Waals surface area contributed by atoms with E-state index < -0.39 is 16.1 Å². The van der Waals surface area contributed by atoms with Crippen LogP contribution in [0.4, 0.5) is 0 Å². The van der Waals surface area contributed by atoms with Crippen LogP contribution < -0.4 is 0 Å². The van der Waals surface area contributed by atoms with Gasteiger partial charge < -0.3 is 4.90 Å². The van der Waals surface area contributed by atoms with Crippen molar-refractivity contribution in [3.05, 3.63) is 125 Å². The second-order valence-corrected chi connectivity index (χ2v) is 13.1. The Morgan fingerprint density at radius 1 is 0.744 bits per heavy atom. The summed E-state index contributed by atoms with van der Waals surface area (Å²) in [5.41, 5.74) is 4.45. The highest BCUT2D eigenvalue weighted by atomic mass is 32.2. The van der Waals surface area contributed by atoms with Gasteiger partial charge in [0.05, 0.1) is 6.04 Å². The first-order valence-electron chi connectivity index (χ1n) is 13.3. The number of thiophene rings is 1. The van der Waals surface area contributed by atoms with Crippen molar-refractivity contribution >= 4 is 27.3 Å². The third-order valence-electron chi connectivity index (χ3n) is 7.77. The molecule has 1 amide bonds. The topological polar surface area (TPSA) is 60.9 Å².